The molecule has 1 rings (SSSR count). The zero-order valence-electron chi connectivity index (χ0n) is 11.1. The third-order valence-electron chi connectivity index (χ3n) is 2.67. The molecular formula is C13H22BrN3. The lowest BCUT2D eigenvalue weighted by Crippen LogP contribution is -2.35. The molecule has 3 nitrogen and oxygen atoms in total. The quantitative estimate of drug-likeness (QED) is 0.875. The van der Waals surface area contributed by atoms with Crippen LogP contribution >= 0.6 is 15.9 Å². The van der Waals surface area contributed by atoms with Gasteiger partial charge in [0.05, 0.1) is 0 Å². The lowest BCUT2D eigenvalue weighted by atomic mass is 10.3. The van der Waals surface area contributed by atoms with Gasteiger partial charge in [0, 0.05) is 36.3 Å². The maximum atomic E-state index is 4.46. The van der Waals surface area contributed by atoms with E-state index in [0.29, 0.717) is 6.04 Å². The molecule has 0 fully saturated rings. The van der Waals surface area contributed by atoms with Crippen LogP contribution < -0.4 is 10.2 Å². The summed E-state index contributed by atoms with van der Waals surface area (Å²) < 4.78 is 1.07. The Morgan fingerprint density at radius 1 is 1.47 bits per heavy atom. The van der Waals surface area contributed by atoms with E-state index >= 15 is 0 Å². The predicted molar refractivity (Wildman–Crippen MR) is 77.7 cm³/mol. The SMILES string of the molecule is CCN(CCNC(C)C)c1cc(C)c(Br)cn1. The molecule has 1 heterocycles. The normalized spacial score (nSPS) is 10.9. The Balaban J connectivity index is 2.62. The average Bonchev–Trinajstić information content (AvgIpc) is 2.28. The van der Waals surface area contributed by atoms with E-state index in [1.165, 1.54) is 5.56 Å². The molecule has 0 saturated heterocycles. The Hall–Kier alpha value is -0.610. The molecule has 0 radical (unpaired) electrons. The first-order valence-electron chi connectivity index (χ1n) is 6.15. The minimum Gasteiger partial charge on any atom is -0.356 e. The maximum absolute atomic E-state index is 4.46. The number of likely N-dealkylation sites (N-methyl/N-ethyl adjacent to an activating group) is 1. The Morgan fingerprint density at radius 2 is 2.18 bits per heavy atom. The van der Waals surface area contributed by atoms with Gasteiger partial charge in [0.15, 0.2) is 0 Å². The number of aryl methyl sites for hydroxylation is 1. The summed E-state index contributed by atoms with van der Waals surface area (Å²) in [4.78, 5) is 6.75. The number of aromatic nitrogens is 1. The van der Waals surface area contributed by atoms with Crippen LogP contribution in [0.25, 0.3) is 0 Å². The van der Waals surface area contributed by atoms with E-state index in [0.717, 1.165) is 29.9 Å². The minimum atomic E-state index is 0.535. The van der Waals surface area contributed by atoms with Crippen LogP contribution in [0.3, 0.4) is 0 Å². The van der Waals surface area contributed by atoms with Crippen molar-refractivity contribution < 1.29 is 0 Å². The highest BCUT2D eigenvalue weighted by Gasteiger charge is 2.07. The van der Waals surface area contributed by atoms with Crippen molar-refractivity contribution in [2.75, 3.05) is 24.5 Å². The number of anilines is 1. The molecule has 0 amide bonds. The first-order chi connectivity index (χ1) is 8.04. The van der Waals surface area contributed by atoms with Crippen molar-refractivity contribution in [1.29, 1.82) is 0 Å². The van der Waals surface area contributed by atoms with Gasteiger partial charge in [-0.05, 0) is 41.4 Å². The van der Waals surface area contributed by atoms with Gasteiger partial charge in [-0.2, -0.15) is 0 Å². The first-order valence-corrected chi connectivity index (χ1v) is 6.94. The highest BCUT2D eigenvalue weighted by Crippen LogP contribution is 2.19. The van der Waals surface area contributed by atoms with Crippen LogP contribution in [0.2, 0.25) is 0 Å². The number of pyridine rings is 1. The number of nitrogens with one attached hydrogen (secondary N) is 1. The number of halogens is 1. The predicted octanol–water partition coefficient (Wildman–Crippen LogP) is 2.98. The molecular weight excluding hydrogens is 278 g/mol. The lowest BCUT2D eigenvalue weighted by Gasteiger charge is -2.23. The van der Waals surface area contributed by atoms with Crippen molar-refractivity contribution in [1.82, 2.24) is 10.3 Å². The summed E-state index contributed by atoms with van der Waals surface area (Å²) >= 11 is 3.48. The van der Waals surface area contributed by atoms with Crippen molar-refractivity contribution >= 4 is 21.7 Å². The first kappa shape index (κ1) is 14.5. The second kappa shape index (κ2) is 6.97. The summed E-state index contributed by atoms with van der Waals surface area (Å²) in [6.45, 7) is 11.5. The molecule has 1 aromatic heterocycles. The molecule has 0 aliphatic heterocycles. The van der Waals surface area contributed by atoms with Crippen molar-refractivity contribution in [2.24, 2.45) is 0 Å². The summed E-state index contributed by atoms with van der Waals surface area (Å²) in [6, 6.07) is 2.66. The minimum absolute atomic E-state index is 0.535. The fourth-order valence-electron chi connectivity index (χ4n) is 1.62. The number of hydrogen-bond acceptors (Lipinski definition) is 3. The van der Waals surface area contributed by atoms with Crippen LogP contribution in [0.1, 0.15) is 26.3 Å². The lowest BCUT2D eigenvalue weighted by molar-refractivity contribution is 0.582. The Kier molecular flexibility index (Phi) is 5.92. The molecule has 0 spiro atoms. The molecule has 1 N–H and O–H groups in total. The van der Waals surface area contributed by atoms with E-state index in [9.17, 15) is 0 Å². The molecule has 0 unspecified atom stereocenters. The third-order valence-corrected chi connectivity index (χ3v) is 3.50. The van der Waals surface area contributed by atoms with Gasteiger partial charge in [-0.1, -0.05) is 13.8 Å². The van der Waals surface area contributed by atoms with Crippen molar-refractivity contribution in [3.8, 4) is 0 Å². The summed E-state index contributed by atoms with van der Waals surface area (Å²) in [7, 11) is 0. The summed E-state index contributed by atoms with van der Waals surface area (Å²) in [5.74, 6) is 1.05. The van der Waals surface area contributed by atoms with Crippen LogP contribution in [0.4, 0.5) is 5.82 Å². The molecule has 0 bridgehead atoms. The molecule has 1 aromatic rings. The topological polar surface area (TPSA) is 28.2 Å². The molecule has 0 aliphatic carbocycles. The Bertz CT molecular complexity index is 353. The fraction of sp³-hybridized carbons (Fsp3) is 0.615. The maximum Gasteiger partial charge on any atom is 0.128 e. The smallest absolute Gasteiger partial charge is 0.128 e. The zero-order valence-corrected chi connectivity index (χ0v) is 12.7. The Morgan fingerprint density at radius 3 is 2.71 bits per heavy atom. The highest BCUT2D eigenvalue weighted by molar-refractivity contribution is 9.10. The van der Waals surface area contributed by atoms with Gasteiger partial charge in [-0.15, -0.1) is 0 Å². The molecule has 0 aliphatic rings. The second-order valence-corrected chi connectivity index (χ2v) is 5.33. The largest absolute Gasteiger partial charge is 0.356 e. The molecule has 0 saturated carbocycles. The molecule has 0 atom stereocenters. The van der Waals surface area contributed by atoms with E-state index in [1.807, 2.05) is 6.20 Å². The van der Waals surface area contributed by atoms with E-state index in [1.54, 1.807) is 0 Å². The second-order valence-electron chi connectivity index (χ2n) is 4.48. The van der Waals surface area contributed by atoms with Gasteiger partial charge in [0.25, 0.3) is 0 Å². The molecule has 0 aromatic carbocycles. The van der Waals surface area contributed by atoms with Gasteiger partial charge in [0.1, 0.15) is 5.82 Å². The van der Waals surface area contributed by atoms with Crippen LogP contribution in [-0.2, 0) is 0 Å². The van der Waals surface area contributed by atoms with Crippen LogP contribution in [0.15, 0.2) is 16.7 Å². The monoisotopic (exact) mass is 299 g/mol. The molecule has 96 valence electrons. The van der Waals surface area contributed by atoms with Crippen molar-refractivity contribution in [2.45, 2.75) is 33.7 Å². The zero-order chi connectivity index (χ0) is 12.8. The highest BCUT2D eigenvalue weighted by atomic mass is 79.9. The Labute approximate surface area is 113 Å². The van der Waals surface area contributed by atoms with Gasteiger partial charge in [-0.25, -0.2) is 4.98 Å². The van der Waals surface area contributed by atoms with E-state index < -0.39 is 0 Å². The van der Waals surface area contributed by atoms with Gasteiger partial charge in [-0.3, -0.25) is 0 Å². The standard InChI is InChI=1S/C13H22BrN3/c1-5-17(7-6-15-10(2)3)13-8-11(4)12(14)9-16-13/h8-10,15H,5-7H2,1-4H3. The van der Waals surface area contributed by atoms with Gasteiger partial charge >= 0.3 is 0 Å². The summed E-state index contributed by atoms with van der Waals surface area (Å²) in [5, 5.41) is 3.43. The van der Waals surface area contributed by atoms with Gasteiger partial charge in [0.2, 0.25) is 0 Å². The van der Waals surface area contributed by atoms with Crippen LogP contribution in [0, 0.1) is 6.92 Å². The number of rotatable bonds is 6. The van der Waals surface area contributed by atoms with Crippen molar-refractivity contribution in [3.63, 3.8) is 0 Å². The average molecular weight is 300 g/mol. The van der Waals surface area contributed by atoms with E-state index in [2.05, 4.69) is 64.9 Å². The van der Waals surface area contributed by atoms with Crippen LogP contribution in [0.5, 0.6) is 0 Å². The van der Waals surface area contributed by atoms with Crippen molar-refractivity contribution in [3.05, 3.63) is 22.3 Å². The number of nitrogens with zero attached hydrogens (tertiary/aromatic N) is 2. The number of hydrogen-bond donors (Lipinski definition) is 1. The van der Waals surface area contributed by atoms with Crippen LogP contribution in [-0.4, -0.2) is 30.7 Å². The van der Waals surface area contributed by atoms with E-state index in [4.69, 9.17) is 0 Å². The molecule has 17 heavy (non-hydrogen) atoms. The van der Waals surface area contributed by atoms with Gasteiger partial charge < -0.3 is 10.2 Å². The fourth-order valence-corrected chi connectivity index (χ4v) is 1.84. The summed E-state index contributed by atoms with van der Waals surface area (Å²) in [6.07, 6.45) is 1.88. The van der Waals surface area contributed by atoms with E-state index in [-0.39, 0.29) is 0 Å². The molecule has 4 heteroatoms. The summed E-state index contributed by atoms with van der Waals surface area (Å²) in [5.41, 5.74) is 1.23. The third kappa shape index (κ3) is 4.64.